The number of thioether (sulfide) groups is 1. The lowest BCUT2D eigenvalue weighted by Crippen LogP contribution is -2.48. The quantitative estimate of drug-likeness (QED) is 0.884. The van der Waals surface area contributed by atoms with Gasteiger partial charge in [-0.25, -0.2) is 18.8 Å². The maximum Gasteiger partial charge on any atom is 0.223 e. The van der Waals surface area contributed by atoms with Crippen molar-refractivity contribution in [2.24, 2.45) is 16.6 Å². The van der Waals surface area contributed by atoms with Crippen molar-refractivity contribution in [2.45, 2.75) is 25.0 Å². The molecule has 0 amide bonds. The Labute approximate surface area is 147 Å². The number of rotatable bonds is 2. The molecule has 0 aliphatic carbocycles. The highest BCUT2D eigenvalue weighted by Crippen LogP contribution is 2.49. The molecular formula is C17H17F2N3O2S. The summed E-state index contributed by atoms with van der Waals surface area (Å²) in [5.41, 5.74) is 5.28. The largest absolute Gasteiger partial charge is 0.443 e. The van der Waals surface area contributed by atoms with E-state index in [-0.39, 0.29) is 18.6 Å². The van der Waals surface area contributed by atoms with Crippen LogP contribution in [0, 0.1) is 24.5 Å². The minimum Gasteiger partial charge on any atom is -0.443 e. The highest BCUT2D eigenvalue weighted by molar-refractivity contribution is 8.13. The monoisotopic (exact) mass is 365 g/mol. The number of aryl methyl sites for hydroxylation is 1. The van der Waals surface area contributed by atoms with E-state index >= 15 is 0 Å². The molecule has 0 unspecified atom stereocenters. The van der Waals surface area contributed by atoms with Crippen LogP contribution in [0.4, 0.5) is 8.78 Å². The van der Waals surface area contributed by atoms with Gasteiger partial charge in [-0.1, -0.05) is 17.8 Å². The van der Waals surface area contributed by atoms with Gasteiger partial charge in [0.2, 0.25) is 5.89 Å². The van der Waals surface area contributed by atoms with Crippen molar-refractivity contribution in [2.75, 3.05) is 12.4 Å². The fourth-order valence-corrected chi connectivity index (χ4v) is 4.51. The number of hydrogen-bond donors (Lipinski definition) is 1. The average molecular weight is 365 g/mol. The van der Waals surface area contributed by atoms with Crippen LogP contribution < -0.4 is 5.73 Å². The van der Waals surface area contributed by atoms with Gasteiger partial charge in [0.1, 0.15) is 29.0 Å². The zero-order valence-corrected chi connectivity index (χ0v) is 14.4. The van der Waals surface area contributed by atoms with Gasteiger partial charge in [-0.05, 0) is 19.4 Å². The molecule has 8 heteroatoms. The third kappa shape index (κ3) is 2.83. The van der Waals surface area contributed by atoms with E-state index in [9.17, 15) is 8.78 Å². The summed E-state index contributed by atoms with van der Waals surface area (Å²) >= 11 is 1.43. The van der Waals surface area contributed by atoms with Crippen LogP contribution in [-0.2, 0) is 10.3 Å². The summed E-state index contributed by atoms with van der Waals surface area (Å²) < 4.78 is 39.4. The smallest absolute Gasteiger partial charge is 0.223 e. The van der Waals surface area contributed by atoms with Crippen molar-refractivity contribution < 1.29 is 17.9 Å². The molecule has 1 aromatic heterocycles. The molecule has 25 heavy (non-hydrogen) atoms. The fourth-order valence-electron chi connectivity index (χ4n) is 3.50. The van der Waals surface area contributed by atoms with Gasteiger partial charge in [0, 0.05) is 23.3 Å². The summed E-state index contributed by atoms with van der Waals surface area (Å²) in [5, 5.41) is 0.383. The van der Waals surface area contributed by atoms with Gasteiger partial charge in [0.25, 0.3) is 0 Å². The zero-order valence-electron chi connectivity index (χ0n) is 13.5. The van der Waals surface area contributed by atoms with E-state index in [0.717, 1.165) is 6.07 Å². The number of hydrogen-bond acceptors (Lipinski definition) is 6. The van der Waals surface area contributed by atoms with Crippen LogP contribution in [0.3, 0.4) is 0 Å². The van der Waals surface area contributed by atoms with E-state index < -0.39 is 17.2 Å². The molecule has 1 aromatic carbocycles. The van der Waals surface area contributed by atoms with Crippen LogP contribution in [-0.4, -0.2) is 22.5 Å². The van der Waals surface area contributed by atoms with Crippen molar-refractivity contribution in [1.29, 1.82) is 0 Å². The van der Waals surface area contributed by atoms with Crippen LogP contribution in [0.15, 0.2) is 33.8 Å². The Kier molecular flexibility index (Phi) is 4.04. The van der Waals surface area contributed by atoms with E-state index in [2.05, 4.69) is 9.98 Å². The minimum absolute atomic E-state index is 0.0317. The number of nitrogens with zero attached hydrogens (tertiary/aromatic N) is 2. The van der Waals surface area contributed by atoms with Gasteiger partial charge in [-0.3, -0.25) is 0 Å². The molecule has 2 aliphatic rings. The number of fused-ring (bicyclic) bond motifs is 1. The van der Waals surface area contributed by atoms with E-state index in [1.54, 1.807) is 6.20 Å². The molecule has 1 saturated heterocycles. The molecule has 1 fully saturated rings. The standard InChI is InChI=1S/C17H17F2N3O2S/c1-9-6-21-15(24-9)14-4-10-7-25-16(20)22-17(10,8-23-14)12-3-2-11(18)5-13(12)19/h2-3,5-6,10,14H,4,7-8H2,1H3,(H2,20,22)/t10-,14+,17-/m0/s1. The van der Waals surface area contributed by atoms with Gasteiger partial charge < -0.3 is 14.9 Å². The summed E-state index contributed by atoms with van der Waals surface area (Å²) in [4.78, 5) is 8.78. The first kappa shape index (κ1) is 16.5. The third-order valence-electron chi connectivity index (χ3n) is 4.73. The van der Waals surface area contributed by atoms with Crippen LogP contribution in [0.25, 0.3) is 0 Å². The molecule has 2 aliphatic heterocycles. The minimum atomic E-state index is -0.953. The summed E-state index contributed by atoms with van der Waals surface area (Å²) in [5.74, 6) is 0.601. The molecule has 0 saturated carbocycles. The number of ether oxygens (including phenoxy) is 1. The van der Waals surface area contributed by atoms with Gasteiger partial charge in [-0.2, -0.15) is 0 Å². The van der Waals surface area contributed by atoms with E-state index in [1.807, 2.05) is 6.92 Å². The third-order valence-corrected chi connectivity index (χ3v) is 5.69. The Hall–Kier alpha value is -1.93. The summed E-state index contributed by atoms with van der Waals surface area (Å²) in [7, 11) is 0. The van der Waals surface area contributed by atoms with Gasteiger partial charge in [-0.15, -0.1) is 0 Å². The lowest BCUT2D eigenvalue weighted by molar-refractivity contribution is -0.0699. The number of aliphatic imine (C=N–C) groups is 1. The van der Waals surface area contributed by atoms with Crippen LogP contribution in [0.2, 0.25) is 0 Å². The maximum absolute atomic E-state index is 14.5. The predicted octanol–water partition coefficient (Wildman–Crippen LogP) is 3.30. The van der Waals surface area contributed by atoms with E-state index in [1.165, 1.54) is 23.9 Å². The second-order valence-electron chi connectivity index (χ2n) is 6.35. The van der Waals surface area contributed by atoms with Crippen molar-refractivity contribution in [3.8, 4) is 0 Å². The SMILES string of the molecule is Cc1cnc([C@H]2C[C@H]3CSC(N)=N[C@@]3(c3ccc(F)cc3F)CO2)o1. The second kappa shape index (κ2) is 6.10. The first-order valence-electron chi connectivity index (χ1n) is 7.95. The normalized spacial score (nSPS) is 29.2. The summed E-state index contributed by atoms with van der Waals surface area (Å²) in [6.07, 6.45) is 1.90. The Bertz CT molecular complexity index is 841. The van der Waals surface area contributed by atoms with Gasteiger partial charge in [0.15, 0.2) is 5.17 Å². The Morgan fingerprint density at radius 2 is 2.20 bits per heavy atom. The van der Waals surface area contributed by atoms with Crippen LogP contribution in [0.5, 0.6) is 0 Å². The topological polar surface area (TPSA) is 73.6 Å². The number of benzene rings is 1. The summed E-state index contributed by atoms with van der Waals surface area (Å²) in [6.45, 7) is 1.95. The molecule has 3 heterocycles. The number of nitrogens with two attached hydrogens (primary N) is 1. The lowest BCUT2D eigenvalue weighted by Gasteiger charge is -2.45. The number of halogens is 2. The Morgan fingerprint density at radius 1 is 1.36 bits per heavy atom. The molecule has 2 N–H and O–H groups in total. The summed E-state index contributed by atoms with van der Waals surface area (Å²) in [6, 6.07) is 3.54. The maximum atomic E-state index is 14.5. The van der Waals surface area contributed by atoms with Gasteiger partial charge >= 0.3 is 0 Å². The first-order chi connectivity index (χ1) is 12.0. The molecule has 5 nitrogen and oxygen atoms in total. The van der Waals surface area contributed by atoms with E-state index in [0.29, 0.717) is 34.6 Å². The van der Waals surface area contributed by atoms with Crippen molar-refractivity contribution >= 4 is 16.9 Å². The number of oxazole rings is 1. The van der Waals surface area contributed by atoms with E-state index in [4.69, 9.17) is 14.9 Å². The predicted molar refractivity (Wildman–Crippen MR) is 90.2 cm³/mol. The Morgan fingerprint density at radius 3 is 2.92 bits per heavy atom. The molecule has 4 rings (SSSR count). The lowest BCUT2D eigenvalue weighted by atomic mass is 9.75. The molecular weight excluding hydrogens is 348 g/mol. The van der Waals surface area contributed by atoms with Crippen molar-refractivity contribution in [3.63, 3.8) is 0 Å². The van der Waals surface area contributed by atoms with Crippen molar-refractivity contribution in [1.82, 2.24) is 4.98 Å². The highest BCUT2D eigenvalue weighted by atomic mass is 32.2. The molecule has 3 atom stereocenters. The van der Waals surface area contributed by atoms with Gasteiger partial charge in [0.05, 0.1) is 12.8 Å². The molecule has 0 radical (unpaired) electrons. The van der Waals surface area contributed by atoms with Crippen LogP contribution in [0.1, 0.15) is 29.7 Å². The molecule has 2 aromatic rings. The highest BCUT2D eigenvalue weighted by Gasteiger charge is 2.50. The average Bonchev–Trinajstić information content (AvgIpc) is 3.00. The van der Waals surface area contributed by atoms with Crippen molar-refractivity contribution in [3.05, 3.63) is 53.2 Å². The second-order valence-corrected chi connectivity index (χ2v) is 7.39. The fraction of sp³-hybridized carbons (Fsp3) is 0.412. The number of aromatic nitrogens is 1. The molecule has 0 bridgehead atoms. The first-order valence-corrected chi connectivity index (χ1v) is 8.94. The Balaban J connectivity index is 1.73. The molecule has 0 spiro atoms. The zero-order chi connectivity index (χ0) is 17.6. The number of amidine groups is 1. The van der Waals surface area contributed by atoms with Crippen LogP contribution >= 0.6 is 11.8 Å². The molecule has 132 valence electrons.